The Morgan fingerprint density at radius 3 is 1.64 bits per heavy atom. The summed E-state index contributed by atoms with van der Waals surface area (Å²) >= 11 is 3.82. The molecule has 0 fully saturated rings. The summed E-state index contributed by atoms with van der Waals surface area (Å²) in [5.41, 5.74) is 10.7. The third kappa shape index (κ3) is 4.00. The molecule has 53 heavy (non-hydrogen) atoms. The minimum atomic E-state index is -0.0545. The van der Waals surface area contributed by atoms with Gasteiger partial charge in [-0.05, 0) is 102 Å². The van der Waals surface area contributed by atoms with Crippen molar-refractivity contribution in [1.29, 1.82) is 0 Å². The SMILES string of the molecule is CC1(C)c2ccccc2-c2ccc(-c3c4ccccc4c(-c4ccc5sc6c(ccc7c6ccc6sc8ccccc8c67)c5c4)c4ccccc34)cc21. The Balaban J connectivity index is 1.09. The van der Waals surface area contributed by atoms with Crippen LogP contribution in [0.2, 0.25) is 0 Å². The van der Waals surface area contributed by atoms with Crippen molar-refractivity contribution in [2.45, 2.75) is 19.3 Å². The zero-order valence-corrected chi connectivity index (χ0v) is 31.0. The lowest BCUT2D eigenvalue weighted by Gasteiger charge is -2.23. The van der Waals surface area contributed by atoms with Crippen LogP contribution in [0.3, 0.4) is 0 Å². The van der Waals surface area contributed by atoms with E-state index in [0.29, 0.717) is 0 Å². The predicted molar refractivity (Wildman–Crippen MR) is 233 cm³/mol. The van der Waals surface area contributed by atoms with E-state index in [4.69, 9.17) is 0 Å². The van der Waals surface area contributed by atoms with Gasteiger partial charge in [-0.1, -0.05) is 141 Å². The highest BCUT2D eigenvalue weighted by Gasteiger charge is 2.35. The summed E-state index contributed by atoms with van der Waals surface area (Å²) in [4.78, 5) is 0. The van der Waals surface area contributed by atoms with Gasteiger partial charge in [0.05, 0.1) is 0 Å². The number of hydrogen-bond donors (Lipinski definition) is 0. The molecular formula is C51H32S2. The van der Waals surface area contributed by atoms with Gasteiger partial charge in [0.1, 0.15) is 0 Å². The second-order valence-electron chi connectivity index (χ2n) is 15.2. The predicted octanol–water partition coefficient (Wildman–Crippen LogP) is 15.5. The fourth-order valence-corrected chi connectivity index (χ4v) is 12.0. The second-order valence-corrected chi connectivity index (χ2v) is 17.3. The van der Waals surface area contributed by atoms with E-state index >= 15 is 0 Å². The molecule has 248 valence electrons. The third-order valence-electron chi connectivity index (χ3n) is 12.1. The van der Waals surface area contributed by atoms with Crippen LogP contribution in [0.4, 0.5) is 0 Å². The van der Waals surface area contributed by atoms with Gasteiger partial charge in [0, 0.05) is 51.1 Å². The highest BCUT2D eigenvalue weighted by molar-refractivity contribution is 7.27. The Labute approximate surface area is 315 Å². The number of thiophene rings is 2. The highest BCUT2D eigenvalue weighted by atomic mass is 32.1. The molecular weight excluding hydrogens is 677 g/mol. The number of rotatable bonds is 2. The smallest absolute Gasteiger partial charge is 0.0434 e. The van der Waals surface area contributed by atoms with Crippen LogP contribution in [0.25, 0.3) is 106 Å². The maximum atomic E-state index is 2.48. The molecule has 0 radical (unpaired) electrons. The van der Waals surface area contributed by atoms with E-state index in [2.05, 4.69) is 172 Å². The van der Waals surface area contributed by atoms with E-state index in [1.165, 1.54) is 117 Å². The maximum absolute atomic E-state index is 2.48. The molecule has 1 aliphatic carbocycles. The fraction of sp³-hybridized carbons (Fsp3) is 0.0588. The molecule has 2 heteroatoms. The van der Waals surface area contributed by atoms with Gasteiger partial charge in [0.2, 0.25) is 0 Å². The van der Waals surface area contributed by atoms with Gasteiger partial charge in [-0.2, -0.15) is 0 Å². The fourth-order valence-electron chi connectivity index (χ4n) is 9.63. The van der Waals surface area contributed by atoms with Crippen molar-refractivity contribution >= 4 is 95.3 Å². The first-order chi connectivity index (χ1) is 26.0. The molecule has 11 aromatic rings. The lowest BCUT2D eigenvalue weighted by molar-refractivity contribution is 0.660. The maximum Gasteiger partial charge on any atom is 0.0434 e. The van der Waals surface area contributed by atoms with Crippen LogP contribution < -0.4 is 0 Å². The molecule has 0 nitrogen and oxygen atoms in total. The molecule has 0 unspecified atom stereocenters. The van der Waals surface area contributed by atoms with Gasteiger partial charge in [-0.3, -0.25) is 0 Å². The van der Waals surface area contributed by atoms with Gasteiger partial charge in [0.25, 0.3) is 0 Å². The topological polar surface area (TPSA) is 0 Å². The van der Waals surface area contributed by atoms with Crippen molar-refractivity contribution in [3.05, 3.63) is 169 Å². The summed E-state index contributed by atoms with van der Waals surface area (Å²) in [6.07, 6.45) is 0. The second kappa shape index (κ2) is 10.6. The van der Waals surface area contributed by atoms with Crippen LogP contribution in [-0.2, 0) is 5.41 Å². The molecule has 0 aliphatic heterocycles. The van der Waals surface area contributed by atoms with Crippen molar-refractivity contribution < 1.29 is 0 Å². The van der Waals surface area contributed by atoms with Gasteiger partial charge in [-0.25, -0.2) is 0 Å². The Bertz CT molecular complexity index is 3310. The van der Waals surface area contributed by atoms with Crippen LogP contribution in [0.1, 0.15) is 25.0 Å². The largest absolute Gasteiger partial charge is 0.135 e. The van der Waals surface area contributed by atoms with E-state index < -0.39 is 0 Å². The molecule has 2 aromatic heterocycles. The quantitative estimate of drug-likeness (QED) is 0.157. The molecule has 0 atom stereocenters. The molecule has 0 amide bonds. The molecule has 0 spiro atoms. The summed E-state index contributed by atoms with van der Waals surface area (Å²) in [6, 6.07) is 59.7. The summed E-state index contributed by atoms with van der Waals surface area (Å²) in [5, 5.41) is 13.3. The van der Waals surface area contributed by atoms with Crippen molar-refractivity contribution in [3.63, 3.8) is 0 Å². The van der Waals surface area contributed by atoms with Gasteiger partial charge in [-0.15, -0.1) is 22.7 Å². The van der Waals surface area contributed by atoms with E-state index in [1.54, 1.807) is 0 Å². The molecule has 12 rings (SSSR count). The zero-order valence-electron chi connectivity index (χ0n) is 29.3. The number of benzene rings is 9. The van der Waals surface area contributed by atoms with E-state index in [1.807, 2.05) is 22.7 Å². The van der Waals surface area contributed by atoms with Crippen LogP contribution in [0.15, 0.2) is 158 Å². The third-order valence-corrected chi connectivity index (χ3v) is 14.4. The monoisotopic (exact) mass is 708 g/mol. The van der Waals surface area contributed by atoms with Crippen LogP contribution >= 0.6 is 22.7 Å². The first-order valence-electron chi connectivity index (χ1n) is 18.4. The first-order valence-corrected chi connectivity index (χ1v) is 20.1. The van der Waals surface area contributed by atoms with E-state index in [-0.39, 0.29) is 5.41 Å². The Morgan fingerprint density at radius 2 is 0.887 bits per heavy atom. The number of fused-ring (bicyclic) bond motifs is 14. The van der Waals surface area contributed by atoms with Crippen LogP contribution in [-0.4, -0.2) is 0 Å². The van der Waals surface area contributed by atoms with Gasteiger partial charge in [0.15, 0.2) is 0 Å². The molecule has 2 heterocycles. The van der Waals surface area contributed by atoms with Crippen LogP contribution in [0.5, 0.6) is 0 Å². The average molecular weight is 709 g/mol. The summed E-state index contributed by atoms with van der Waals surface area (Å²) < 4.78 is 5.42. The Hall–Kier alpha value is -5.80. The van der Waals surface area contributed by atoms with Gasteiger partial charge >= 0.3 is 0 Å². The normalized spacial score (nSPS) is 13.6. The van der Waals surface area contributed by atoms with Gasteiger partial charge < -0.3 is 0 Å². The summed E-state index contributed by atoms with van der Waals surface area (Å²) in [7, 11) is 0. The lowest BCUT2D eigenvalue weighted by atomic mass is 9.80. The average Bonchev–Trinajstić information content (AvgIpc) is 3.84. The molecule has 0 saturated heterocycles. The van der Waals surface area contributed by atoms with Crippen molar-refractivity contribution in [1.82, 2.24) is 0 Å². The summed E-state index contributed by atoms with van der Waals surface area (Å²) in [5.74, 6) is 0. The minimum Gasteiger partial charge on any atom is -0.135 e. The minimum absolute atomic E-state index is 0.0545. The first kappa shape index (κ1) is 29.7. The molecule has 0 N–H and O–H groups in total. The zero-order chi connectivity index (χ0) is 35.0. The molecule has 0 bridgehead atoms. The molecule has 1 aliphatic rings. The Kier molecular flexibility index (Phi) is 5.97. The summed E-state index contributed by atoms with van der Waals surface area (Å²) in [6.45, 7) is 4.75. The van der Waals surface area contributed by atoms with Crippen molar-refractivity contribution in [2.75, 3.05) is 0 Å². The van der Waals surface area contributed by atoms with Crippen molar-refractivity contribution in [3.8, 4) is 33.4 Å². The van der Waals surface area contributed by atoms with E-state index in [9.17, 15) is 0 Å². The highest BCUT2D eigenvalue weighted by Crippen LogP contribution is 2.52. The Morgan fingerprint density at radius 1 is 0.358 bits per heavy atom. The standard InChI is InChI=1S/C51H32S2/c1-51(2)42-17-9-7-11-31(42)32-21-19-30(28-43(32)51)48-35-14-5-3-12-33(35)47(34-13-4-6-15-36(34)48)29-20-25-45-41(27-29)39-23-22-37-38(50(39)53-45)24-26-46-49(37)40-16-8-10-18-44(40)52-46/h3-28H,1-2H3. The number of hydrogen-bond acceptors (Lipinski definition) is 2. The molecule has 9 aromatic carbocycles. The van der Waals surface area contributed by atoms with Crippen molar-refractivity contribution in [2.24, 2.45) is 0 Å². The molecule has 0 saturated carbocycles. The van der Waals surface area contributed by atoms with Crippen LogP contribution in [0, 0.1) is 0 Å². The lowest BCUT2D eigenvalue weighted by Crippen LogP contribution is -2.14. The van der Waals surface area contributed by atoms with E-state index in [0.717, 1.165) is 0 Å².